The highest BCUT2D eigenvalue weighted by atomic mass is 16.2. The van der Waals surface area contributed by atoms with Crippen LogP contribution in [0.1, 0.15) is 19.4 Å². The van der Waals surface area contributed by atoms with Crippen LogP contribution in [0.25, 0.3) is 10.8 Å². The number of nitrogens with one attached hydrogen (secondary N) is 3. The SMILES string of the molecule is CCc1ccccc1NC(=O)C[NH+](C)[C@H](C)C(=O)Nc1ccc2ccccc2c1. The smallest absolute Gasteiger partial charge is 0.282 e. The monoisotopic (exact) mass is 390 g/mol. The number of hydrogen-bond donors (Lipinski definition) is 3. The van der Waals surface area contributed by atoms with E-state index in [1.165, 1.54) is 0 Å². The van der Waals surface area contributed by atoms with Gasteiger partial charge in [0.1, 0.15) is 0 Å². The molecule has 150 valence electrons. The van der Waals surface area contributed by atoms with E-state index < -0.39 is 0 Å². The first-order chi connectivity index (χ1) is 14.0. The van der Waals surface area contributed by atoms with Gasteiger partial charge in [0.25, 0.3) is 11.8 Å². The summed E-state index contributed by atoms with van der Waals surface area (Å²) in [6, 6.07) is 21.3. The number of carbonyl (C=O) groups excluding carboxylic acids is 2. The molecule has 0 saturated carbocycles. The van der Waals surface area contributed by atoms with Gasteiger partial charge in [0.15, 0.2) is 12.6 Å². The van der Waals surface area contributed by atoms with Crippen LogP contribution in [0.15, 0.2) is 66.7 Å². The molecule has 0 fully saturated rings. The van der Waals surface area contributed by atoms with E-state index in [2.05, 4.69) is 17.6 Å². The van der Waals surface area contributed by atoms with Crippen molar-refractivity contribution in [3.05, 3.63) is 72.3 Å². The average molecular weight is 391 g/mol. The van der Waals surface area contributed by atoms with Gasteiger partial charge in [-0.15, -0.1) is 0 Å². The Kier molecular flexibility index (Phi) is 6.62. The quantitative estimate of drug-likeness (QED) is 0.581. The van der Waals surface area contributed by atoms with Crippen molar-refractivity contribution in [2.75, 3.05) is 24.2 Å². The van der Waals surface area contributed by atoms with E-state index >= 15 is 0 Å². The molecule has 0 aliphatic heterocycles. The maximum atomic E-state index is 12.7. The summed E-state index contributed by atoms with van der Waals surface area (Å²) >= 11 is 0. The standard InChI is InChI=1S/C24H27N3O2/c1-4-18-9-7-8-12-22(18)26-23(28)16-27(3)17(2)24(29)25-21-14-13-19-10-5-6-11-20(19)15-21/h5-15,17H,4,16H2,1-3H3,(H,25,29)(H,26,28)/p+1/t17-/m1/s1. The van der Waals surface area contributed by atoms with Gasteiger partial charge in [-0.2, -0.15) is 0 Å². The van der Waals surface area contributed by atoms with Crippen LogP contribution in [0.5, 0.6) is 0 Å². The maximum Gasteiger partial charge on any atom is 0.282 e. The van der Waals surface area contributed by atoms with Crippen molar-refractivity contribution in [3.8, 4) is 0 Å². The predicted molar refractivity (Wildman–Crippen MR) is 118 cm³/mol. The molecular weight excluding hydrogens is 362 g/mol. The summed E-state index contributed by atoms with van der Waals surface area (Å²) in [5.41, 5.74) is 2.69. The topological polar surface area (TPSA) is 62.6 Å². The van der Waals surface area contributed by atoms with E-state index in [1.807, 2.05) is 80.7 Å². The van der Waals surface area contributed by atoms with E-state index in [4.69, 9.17) is 0 Å². The largest absolute Gasteiger partial charge is 0.321 e. The van der Waals surface area contributed by atoms with Crippen molar-refractivity contribution in [3.63, 3.8) is 0 Å². The second kappa shape index (κ2) is 9.34. The van der Waals surface area contributed by atoms with Gasteiger partial charge in [0.2, 0.25) is 0 Å². The van der Waals surface area contributed by atoms with Crippen molar-refractivity contribution >= 4 is 34.0 Å². The Balaban J connectivity index is 1.58. The van der Waals surface area contributed by atoms with Gasteiger partial charge in [-0.3, -0.25) is 9.59 Å². The Morgan fingerprint density at radius 1 is 0.931 bits per heavy atom. The van der Waals surface area contributed by atoms with Gasteiger partial charge in [-0.1, -0.05) is 55.5 Å². The number of para-hydroxylation sites is 1. The van der Waals surface area contributed by atoms with Crippen molar-refractivity contribution < 1.29 is 14.5 Å². The zero-order chi connectivity index (χ0) is 20.8. The summed E-state index contributed by atoms with van der Waals surface area (Å²) < 4.78 is 0. The Morgan fingerprint density at radius 2 is 1.62 bits per heavy atom. The summed E-state index contributed by atoms with van der Waals surface area (Å²) in [5.74, 6) is -0.215. The van der Waals surface area contributed by atoms with Gasteiger partial charge >= 0.3 is 0 Å². The Hall–Kier alpha value is -3.18. The molecule has 0 radical (unpaired) electrons. The zero-order valence-corrected chi connectivity index (χ0v) is 17.2. The molecule has 0 heterocycles. The number of carbonyl (C=O) groups is 2. The minimum Gasteiger partial charge on any atom is -0.321 e. The zero-order valence-electron chi connectivity index (χ0n) is 17.2. The third-order valence-corrected chi connectivity index (χ3v) is 5.26. The highest BCUT2D eigenvalue weighted by molar-refractivity contribution is 5.97. The molecule has 5 heteroatoms. The molecule has 0 aliphatic carbocycles. The van der Waals surface area contributed by atoms with E-state index in [9.17, 15) is 9.59 Å². The lowest BCUT2D eigenvalue weighted by molar-refractivity contribution is -0.885. The van der Waals surface area contributed by atoms with Crippen LogP contribution in [0.4, 0.5) is 11.4 Å². The lowest BCUT2D eigenvalue weighted by Crippen LogP contribution is -3.14. The van der Waals surface area contributed by atoms with E-state index in [-0.39, 0.29) is 24.4 Å². The van der Waals surface area contributed by atoms with Crippen molar-refractivity contribution in [2.24, 2.45) is 0 Å². The highest BCUT2D eigenvalue weighted by Crippen LogP contribution is 2.19. The lowest BCUT2D eigenvalue weighted by Gasteiger charge is -2.21. The van der Waals surface area contributed by atoms with Crippen LogP contribution in [0.3, 0.4) is 0 Å². The van der Waals surface area contributed by atoms with Crippen LogP contribution in [-0.2, 0) is 16.0 Å². The summed E-state index contributed by atoms with van der Waals surface area (Å²) in [6.07, 6.45) is 0.851. The molecule has 0 aliphatic rings. The molecule has 5 nitrogen and oxygen atoms in total. The van der Waals surface area contributed by atoms with Gasteiger partial charge in [0.05, 0.1) is 7.05 Å². The lowest BCUT2D eigenvalue weighted by atomic mass is 10.1. The molecule has 3 aromatic rings. The molecule has 3 N–H and O–H groups in total. The first kappa shape index (κ1) is 20.6. The summed E-state index contributed by atoms with van der Waals surface area (Å²) in [4.78, 5) is 26.0. The van der Waals surface area contributed by atoms with Crippen LogP contribution >= 0.6 is 0 Å². The molecule has 0 aromatic heterocycles. The molecule has 29 heavy (non-hydrogen) atoms. The molecule has 0 saturated heterocycles. The van der Waals surface area contributed by atoms with E-state index in [1.54, 1.807) is 0 Å². The minimum absolute atomic E-state index is 0.103. The second-order valence-electron chi connectivity index (χ2n) is 7.35. The van der Waals surface area contributed by atoms with Crippen LogP contribution < -0.4 is 15.5 Å². The molecule has 3 rings (SSSR count). The number of rotatable bonds is 7. The molecule has 0 bridgehead atoms. The maximum absolute atomic E-state index is 12.7. The fraction of sp³-hybridized carbons (Fsp3) is 0.250. The van der Waals surface area contributed by atoms with Gasteiger partial charge in [-0.25, -0.2) is 0 Å². The normalized spacial score (nSPS) is 12.9. The fourth-order valence-corrected chi connectivity index (χ4v) is 3.29. The van der Waals surface area contributed by atoms with Gasteiger partial charge < -0.3 is 15.5 Å². The second-order valence-corrected chi connectivity index (χ2v) is 7.35. The minimum atomic E-state index is -0.367. The molecule has 0 spiro atoms. The van der Waals surface area contributed by atoms with Crippen LogP contribution in [0, 0.1) is 0 Å². The van der Waals surface area contributed by atoms with E-state index in [0.29, 0.717) is 0 Å². The number of amides is 2. The molecule has 3 aromatic carbocycles. The number of quaternary nitrogens is 1. The van der Waals surface area contributed by atoms with Crippen molar-refractivity contribution in [1.82, 2.24) is 0 Å². The number of aryl methyl sites for hydroxylation is 1. The van der Waals surface area contributed by atoms with Gasteiger partial charge in [0, 0.05) is 11.4 Å². The number of hydrogen-bond acceptors (Lipinski definition) is 2. The number of likely N-dealkylation sites (N-methyl/N-ethyl adjacent to an activating group) is 1. The van der Waals surface area contributed by atoms with Gasteiger partial charge in [-0.05, 0) is 47.9 Å². The first-order valence-electron chi connectivity index (χ1n) is 9.97. The fourth-order valence-electron chi connectivity index (χ4n) is 3.29. The predicted octanol–water partition coefficient (Wildman–Crippen LogP) is 2.88. The number of fused-ring (bicyclic) bond motifs is 1. The first-order valence-corrected chi connectivity index (χ1v) is 9.97. The number of anilines is 2. The van der Waals surface area contributed by atoms with Crippen LogP contribution in [-0.4, -0.2) is 31.4 Å². The van der Waals surface area contributed by atoms with Crippen molar-refractivity contribution in [2.45, 2.75) is 26.3 Å². The summed E-state index contributed by atoms with van der Waals surface area (Å²) in [7, 11) is 1.86. The summed E-state index contributed by atoms with van der Waals surface area (Å²) in [5, 5.41) is 8.14. The third kappa shape index (κ3) is 5.21. The number of benzene rings is 3. The van der Waals surface area contributed by atoms with Crippen LogP contribution in [0.2, 0.25) is 0 Å². The molecule has 1 unspecified atom stereocenters. The van der Waals surface area contributed by atoms with E-state index in [0.717, 1.165) is 39.0 Å². The highest BCUT2D eigenvalue weighted by Gasteiger charge is 2.24. The Bertz CT molecular complexity index is 1020. The van der Waals surface area contributed by atoms with Crippen molar-refractivity contribution in [1.29, 1.82) is 0 Å². The Labute approximate surface area is 171 Å². The Morgan fingerprint density at radius 3 is 2.38 bits per heavy atom. The third-order valence-electron chi connectivity index (χ3n) is 5.26. The summed E-state index contributed by atoms with van der Waals surface area (Å²) in [6.45, 7) is 4.10. The average Bonchev–Trinajstić information content (AvgIpc) is 2.73. The molecule has 2 atom stereocenters. The molecule has 2 amide bonds. The molecular formula is C24H28N3O2+.